The van der Waals surface area contributed by atoms with Gasteiger partial charge in [-0.3, -0.25) is 0 Å². The SMILES string of the molecule is CCCCCCCCCCOc1cnc(-c2ccc(OCCCCC3CCCCC3)cc2)nc1. The monoisotopic (exact) mass is 466 g/mol. The fourth-order valence-corrected chi connectivity index (χ4v) is 4.87. The van der Waals surface area contributed by atoms with E-state index in [9.17, 15) is 0 Å². The normalized spacial score (nSPS) is 14.3. The number of rotatable bonds is 17. The van der Waals surface area contributed by atoms with Gasteiger partial charge in [0.25, 0.3) is 0 Å². The Bertz CT molecular complexity index is 754. The highest BCUT2D eigenvalue weighted by Crippen LogP contribution is 2.28. The third-order valence-electron chi connectivity index (χ3n) is 7.01. The lowest BCUT2D eigenvalue weighted by atomic mass is 9.86. The smallest absolute Gasteiger partial charge is 0.159 e. The van der Waals surface area contributed by atoms with Crippen molar-refractivity contribution in [3.05, 3.63) is 36.7 Å². The molecule has 188 valence electrons. The number of nitrogens with zero attached hydrogens (tertiary/aromatic N) is 2. The summed E-state index contributed by atoms with van der Waals surface area (Å²) >= 11 is 0. The van der Waals surface area contributed by atoms with Gasteiger partial charge in [-0.05, 0) is 49.4 Å². The Balaban J connectivity index is 1.27. The first kappa shape index (κ1) is 26.5. The zero-order chi connectivity index (χ0) is 23.7. The van der Waals surface area contributed by atoms with Gasteiger partial charge in [0.05, 0.1) is 25.6 Å². The molecule has 0 radical (unpaired) electrons. The third kappa shape index (κ3) is 10.4. The van der Waals surface area contributed by atoms with Crippen LogP contribution in [-0.2, 0) is 0 Å². The van der Waals surface area contributed by atoms with Crippen molar-refractivity contribution in [3.8, 4) is 22.9 Å². The molecule has 0 atom stereocenters. The maximum absolute atomic E-state index is 5.94. The van der Waals surface area contributed by atoms with Crippen LogP contribution in [0.1, 0.15) is 110 Å². The average molecular weight is 467 g/mol. The molecular formula is C30H46N2O2. The quantitative estimate of drug-likeness (QED) is 0.218. The Morgan fingerprint density at radius 1 is 0.676 bits per heavy atom. The van der Waals surface area contributed by atoms with Crippen molar-refractivity contribution in [2.45, 2.75) is 110 Å². The molecule has 0 bridgehead atoms. The summed E-state index contributed by atoms with van der Waals surface area (Å²) in [6.07, 6.45) is 25.0. The first-order valence-electron chi connectivity index (χ1n) is 14.0. The lowest BCUT2D eigenvalue weighted by molar-refractivity contribution is 0.283. The fourth-order valence-electron chi connectivity index (χ4n) is 4.87. The Kier molecular flexibility index (Phi) is 12.9. The van der Waals surface area contributed by atoms with Gasteiger partial charge in [-0.25, -0.2) is 9.97 Å². The number of hydrogen-bond acceptors (Lipinski definition) is 4. The van der Waals surface area contributed by atoms with Gasteiger partial charge in [0.2, 0.25) is 0 Å². The molecule has 1 aromatic carbocycles. The molecule has 1 fully saturated rings. The van der Waals surface area contributed by atoms with E-state index in [1.54, 1.807) is 12.4 Å². The Morgan fingerprint density at radius 3 is 1.94 bits per heavy atom. The van der Waals surface area contributed by atoms with Crippen LogP contribution in [0.2, 0.25) is 0 Å². The highest BCUT2D eigenvalue weighted by Gasteiger charge is 2.12. The topological polar surface area (TPSA) is 44.2 Å². The molecule has 34 heavy (non-hydrogen) atoms. The van der Waals surface area contributed by atoms with E-state index >= 15 is 0 Å². The van der Waals surface area contributed by atoms with E-state index in [0.29, 0.717) is 0 Å². The zero-order valence-electron chi connectivity index (χ0n) is 21.5. The summed E-state index contributed by atoms with van der Waals surface area (Å²) in [6.45, 7) is 3.80. The van der Waals surface area contributed by atoms with Crippen LogP contribution in [0, 0.1) is 5.92 Å². The molecule has 0 N–H and O–H groups in total. The molecule has 3 rings (SSSR count). The van der Waals surface area contributed by atoms with Gasteiger partial charge in [-0.1, -0.05) is 90.4 Å². The molecule has 4 nitrogen and oxygen atoms in total. The van der Waals surface area contributed by atoms with E-state index in [1.807, 2.05) is 24.3 Å². The van der Waals surface area contributed by atoms with Crippen LogP contribution in [-0.4, -0.2) is 23.2 Å². The molecule has 0 unspecified atom stereocenters. The van der Waals surface area contributed by atoms with E-state index in [4.69, 9.17) is 9.47 Å². The summed E-state index contributed by atoms with van der Waals surface area (Å²) in [5.41, 5.74) is 0.999. The lowest BCUT2D eigenvalue weighted by Gasteiger charge is -2.21. The number of hydrogen-bond donors (Lipinski definition) is 0. The highest BCUT2D eigenvalue weighted by molar-refractivity contribution is 5.56. The van der Waals surface area contributed by atoms with Crippen molar-refractivity contribution in [3.63, 3.8) is 0 Å². The second-order valence-corrected chi connectivity index (χ2v) is 9.94. The standard InChI is InChI=1S/C30H46N2O2/c1-2-3-4-5-6-7-8-13-22-34-29-24-31-30(32-25-29)27-18-20-28(21-19-27)33-23-14-12-17-26-15-10-9-11-16-26/h18-21,24-26H,2-17,22-23H2,1H3. The molecule has 0 aliphatic heterocycles. The summed E-state index contributed by atoms with van der Waals surface area (Å²) in [7, 11) is 0. The molecule has 1 aliphatic carbocycles. The highest BCUT2D eigenvalue weighted by atomic mass is 16.5. The summed E-state index contributed by atoms with van der Waals surface area (Å²) in [4.78, 5) is 8.98. The van der Waals surface area contributed by atoms with Crippen LogP contribution in [0.4, 0.5) is 0 Å². The van der Waals surface area contributed by atoms with Crippen LogP contribution < -0.4 is 9.47 Å². The van der Waals surface area contributed by atoms with Crippen LogP contribution in [0.5, 0.6) is 11.5 Å². The van der Waals surface area contributed by atoms with Crippen molar-refractivity contribution >= 4 is 0 Å². The second-order valence-electron chi connectivity index (χ2n) is 9.94. The Morgan fingerprint density at radius 2 is 1.26 bits per heavy atom. The maximum Gasteiger partial charge on any atom is 0.159 e. The van der Waals surface area contributed by atoms with Gasteiger partial charge in [0.1, 0.15) is 5.75 Å². The number of benzene rings is 1. The van der Waals surface area contributed by atoms with Crippen LogP contribution >= 0.6 is 0 Å². The van der Waals surface area contributed by atoms with E-state index in [0.717, 1.165) is 54.9 Å². The summed E-state index contributed by atoms with van der Waals surface area (Å²) in [5.74, 6) is 3.36. The summed E-state index contributed by atoms with van der Waals surface area (Å²) < 4.78 is 11.8. The molecule has 1 saturated carbocycles. The van der Waals surface area contributed by atoms with E-state index in [-0.39, 0.29) is 0 Å². The van der Waals surface area contributed by atoms with Gasteiger partial charge < -0.3 is 9.47 Å². The van der Waals surface area contributed by atoms with Crippen molar-refractivity contribution in [2.75, 3.05) is 13.2 Å². The van der Waals surface area contributed by atoms with Crippen molar-refractivity contribution in [2.24, 2.45) is 5.92 Å². The molecule has 1 aromatic heterocycles. The Hall–Kier alpha value is -2.10. The lowest BCUT2D eigenvalue weighted by Crippen LogP contribution is -2.06. The predicted molar refractivity (Wildman–Crippen MR) is 141 cm³/mol. The van der Waals surface area contributed by atoms with Gasteiger partial charge in [-0.2, -0.15) is 0 Å². The van der Waals surface area contributed by atoms with Gasteiger partial charge in [0, 0.05) is 5.56 Å². The molecule has 0 saturated heterocycles. The fraction of sp³-hybridized carbons (Fsp3) is 0.667. The second kappa shape index (κ2) is 16.5. The van der Waals surface area contributed by atoms with Crippen molar-refractivity contribution < 1.29 is 9.47 Å². The molecule has 2 aromatic rings. The maximum atomic E-state index is 5.94. The van der Waals surface area contributed by atoms with Crippen molar-refractivity contribution in [1.82, 2.24) is 9.97 Å². The zero-order valence-corrected chi connectivity index (χ0v) is 21.5. The molecule has 0 amide bonds. The number of ether oxygens (including phenoxy) is 2. The number of unbranched alkanes of at least 4 members (excludes halogenated alkanes) is 8. The van der Waals surface area contributed by atoms with Crippen LogP contribution in [0.25, 0.3) is 11.4 Å². The molecule has 1 aliphatic rings. The Labute approximate surface area is 207 Å². The minimum absolute atomic E-state index is 0.721. The number of aromatic nitrogens is 2. The average Bonchev–Trinajstić information content (AvgIpc) is 2.89. The molecule has 1 heterocycles. The first-order valence-corrected chi connectivity index (χ1v) is 14.0. The van der Waals surface area contributed by atoms with Crippen LogP contribution in [0.3, 0.4) is 0 Å². The molecule has 4 heteroatoms. The predicted octanol–water partition coefficient (Wildman–Crippen LogP) is 8.79. The van der Waals surface area contributed by atoms with Gasteiger partial charge in [0.15, 0.2) is 11.6 Å². The summed E-state index contributed by atoms with van der Waals surface area (Å²) in [6, 6.07) is 8.11. The van der Waals surface area contributed by atoms with Gasteiger partial charge in [-0.15, -0.1) is 0 Å². The van der Waals surface area contributed by atoms with Crippen molar-refractivity contribution in [1.29, 1.82) is 0 Å². The van der Waals surface area contributed by atoms with Gasteiger partial charge >= 0.3 is 0 Å². The van der Waals surface area contributed by atoms with E-state index in [1.165, 1.54) is 89.9 Å². The first-order chi connectivity index (χ1) is 16.8. The molecule has 0 spiro atoms. The minimum atomic E-state index is 0.721. The van der Waals surface area contributed by atoms with Crippen LogP contribution in [0.15, 0.2) is 36.7 Å². The molecular weight excluding hydrogens is 420 g/mol. The minimum Gasteiger partial charge on any atom is -0.494 e. The van der Waals surface area contributed by atoms with E-state index in [2.05, 4.69) is 16.9 Å². The van der Waals surface area contributed by atoms with E-state index < -0.39 is 0 Å². The third-order valence-corrected chi connectivity index (χ3v) is 7.01. The summed E-state index contributed by atoms with van der Waals surface area (Å²) in [5, 5.41) is 0. The largest absolute Gasteiger partial charge is 0.494 e.